The average Bonchev–Trinajstić information content (AvgIpc) is 2.61. The Hall–Kier alpha value is -2.79. The van der Waals surface area contributed by atoms with Gasteiger partial charge in [0, 0.05) is 22.4 Å². The summed E-state index contributed by atoms with van der Waals surface area (Å²) in [5, 5.41) is 3.12. The molecule has 1 aliphatic carbocycles. The Balaban J connectivity index is 2.45. The number of aromatic amines is 1. The van der Waals surface area contributed by atoms with Gasteiger partial charge in [-0.3, -0.25) is 10.1 Å². The number of hydrogen-bond acceptors (Lipinski definition) is 3. The molecule has 1 aromatic rings. The molecule has 1 aromatic heterocycles. The van der Waals surface area contributed by atoms with Crippen molar-refractivity contribution in [2.24, 2.45) is 0 Å². The molecule has 0 bridgehead atoms. The first-order chi connectivity index (χ1) is 12.4. The van der Waals surface area contributed by atoms with E-state index in [-0.39, 0.29) is 5.56 Å². The van der Waals surface area contributed by atoms with Crippen molar-refractivity contribution in [3.8, 4) is 0 Å². The van der Waals surface area contributed by atoms with Crippen LogP contribution in [0.25, 0.3) is 11.1 Å². The molecule has 5 nitrogen and oxygen atoms in total. The molecule has 0 saturated heterocycles. The number of amides is 1. The lowest BCUT2D eigenvalue weighted by Gasteiger charge is -2.13. The fraction of sp³-hybridized carbons (Fsp3) is 0.200. The Bertz CT molecular complexity index is 889. The van der Waals surface area contributed by atoms with Crippen LogP contribution in [0.1, 0.15) is 31.0 Å². The fourth-order valence-corrected chi connectivity index (χ4v) is 2.84. The molecular formula is C20H21ClN2O3. The number of allylic oxidation sites excluding steroid dienone is 8. The van der Waals surface area contributed by atoms with Crippen LogP contribution < -0.4 is 10.9 Å². The van der Waals surface area contributed by atoms with Crippen molar-refractivity contribution < 1.29 is 9.53 Å². The minimum atomic E-state index is -0.609. The summed E-state index contributed by atoms with van der Waals surface area (Å²) < 4.78 is 4.56. The number of hydrogen-bond donors (Lipinski definition) is 2. The zero-order valence-corrected chi connectivity index (χ0v) is 15.5. The minimum absolute atomic E-state index is 0.240. The minimum Gasteiger partial charge on any atom is -0.453 e. The van der Waals surface area contributed by atoms with Gasteiger partial charge in [0.1, 0.15) is 0 Å². The summed E-state index contributed by atoms with van der Waals surface area (Å²) in [5.74, 6) is 0. The Morgan fingerprint density at radius 2 is 2.08 bits per heavy atom. The van der Waals surface area contributed by atoms with Crippen LogP contribution >= 0.6 is 11.6 Å². The topological polar surface area (TPSA) is 71.2 Å². The van der Waals surface area contributed by atoms with Crippen LogP contribution in [0.2, 0.25) is 0 Å². The second-order valence-electron chi connectivity index (χ2n) is 5.64. The third-order valence-electron chi connectivity index (χ3n) is 3.69. The summed E-state index contributed by atoms with van der Waals surface area (Å²) in [4.78, 5) is 26.3. The summed E-state index contributed by atoms with van der Waals surface area (Å²) in [6.07, 6.45) is 10.4. The van der Waals surface area contributed by atoms with E-state index < -0.39 is 6.09 Å². The zero-order valence-electron chi connectivity index (χ0n) is 14.8. The van der Waals surface area contributed by atoms with Crippen molar-refractivity contribution in [3.05, 3.63) is 81.4 Å². The van der Waals surface area contributed by atoms with E-state index in [0.717, 1.165) is 24.0 Å². The first-order valence-electron chi connectivity index (χ1n) is 8.14. The second kappa shape index (κ2) is 9.06. The number of methoxy groups -OCH3 is 1. The molecule has 0 aliphatic heterocycles. The number of carbonyl (C=O) groups excluding carboxylic acids is 1. The van der Waals surface area contributed by atoms with E-state index in [4.69, 9.17) is 11.6 Å². The van der Waals surface area contributed by atoms with Crippen molar-refractivity contribution in [1.29, 1.82) is 0 Å². The van der Waals surface area contributed by atoms with Gasteiger partial charge in [0.25, 0.3) is 0 Å². The number of alkyl carbamates (subject to hydrolysis) is 1. The highest BCUT2D eigenvalue weighted by Crippen LogP contribution is 2.30. The molecule has 0 aromatic carbocycles. The van der Waals surface area contributed by atoms with Crippen molar-refractivity contribution in [3.63, 3.8) is 0 Å². The molecule has 0 saturated carbocycles. The van der Waals surface area contributed by atoms with Crippen LogP contribution in [0, 0.1) is 0 Å². The number of halogens is 1. The van der Waals surface area contributed by atoms with Crippen LogP contribution in [0.15, 0.2) is 64.6 Å². The van der Waals surface area contributed by atoms with E-state index >= 15 is 0 Å². The van der Waals surface area contributed by atoms with Crippen molar-refractivity contribution in [2.45, 2.75) is 19.8 Å². The van der Waals surface area contributed by atoms with Crippen LogP contribution in [0.5, 0.6) is 0 Å². The van der Waals surface area contributed by atoms with E-state index in [1.807, 2.05) is 37.3 Å². The van der Waals surface area contributed by atoms with Crippen molar-refractivity contribution in [2.75, 3.05) is 7.11 Å². The number of nitrogens with one attached hydrogen (secondary N) is 2. The highest BCUT2D eigenvalue weighted by molar-refractivity contribution is 6.37. The van der Waals surface area contributed by atoms with E-state index in [9.17, 15) is 9.59 Å². The van der Waals surface area contributed by atoms with E-state index in [1.54, 1.807) is 6.08 Å². The number of rotatable bonds is 5. The van der Waals surface area contributed by atoms with Crippen molar-refractivity contribution >= 4 is 28.8 Å². The van der Waals surface area contributed by atoms with Crippen LogP contribution in [0.4, 0.5) is 4.79 Å². The van der Waals surface area contributed by atoms with Crippen LogP contribution in [0.3, 0.4) is 0 Å². The maximum Gasteiger partial charge on any atom is 0.411 e. The van der Waals surface area contributed by atoms with Crippen LogP contribution in [-0.4, -0.2) is 18.2 Å². The zero-order chi connectivity index (χ0) is 19.1. The van der Waals surface area contributed by atoms with E-state index in [0.29, 0.717) is 22.0 Å². The molecule has 136 valence electrons. The summed E-state index contributed by atoms with van der Waals surface area (Å²) in [5.41, 5.74) is 2.97. The highest BCUT2D eigenvalue weighted by atomic mass is 35.5. The molecule has 0 radical (unpaired) electrons. The van der Waals surface area contributed by atoms with Gasteiger partial charge in [0.05, 0.1) is 12.8 Å². The molecule has 1 amide bonds. The first-order valence-corrected chi connectivity index (χ1v) is 8.52. The third kappa shape index (κ3) is 5.10. The smallest absolute Gasteiger partial charge is 0.411 e. The standard InChI is InChI=1S/C20H21ClN2O3/c1-4-7-14(10-13(2)22-20(25)26-3)15-11-18(23-19(24)12-15)16-8-5-6-9-17(16)21/h4,7-12H,2,5-6H2,1,3H3,(H,22,25)(H,23,24)/b7-4-,14-10+. The maximum absolute atomic E-state index is 12.2. The lowest BCUT2D eigenvalue weighted by Crippen LogP contribution is -2.20. The van der Waals surface area contributed by atoms with Crippen LogP contribution in [-0.2, 0) is 4.74 Å². The SMILES string of the molecule is C=C(/C=C(\C=C/C)c1cc(C2=CCCC=C2Cl)[nH]c(=O)c1)NC(=O)OC. The Morgan fingerprint density at radius 1 is 1.35 bits per heavy atom. The van der Waals surface area contributed by atoms with Gasteiger partial charge < -0.3 is 9.72 Å². The van der Waals surface area contributed by atoms with Gasteiger partial charge in [-0.15, -0.1) is 0 Å². The summed E-state index contributed by atoms with van der Waals surface area (Å²) in [6, 6.07) is 3.34. The quantitative estimate of drug-likeness (QED) is 0.747. The summed E-state index contributed by atoms with van der Waals surface area (Å²) >= 11 is 6.29. The maximum atomic E-state index is 12.2. The number of ether oxygens (including phenoxy) is 1. The van der Waals surface area contributed by atoms with E-state index in [1.165, 1.54) is 13.2 Å². The van der Waals surface area contributed by atoms with Gasteiger partial charge >= 0.3 is 6.09 Å². The Morgan fingerprint density at radius 3 is 2.73 bits per heavy atom. The molecule has 26 heavy (non-hydrogen) atoms. The number of H-pyrrole nitrogens is 1. The highest BCUT2D eigenvalue weighted by Gasteiger charge is 2.12. The van der Waals surface area contributed by atoms with Gasteiger partial charge in [-0.1, -0.05) is 42.5 Å². The lowest BCUT2D eigenvalue weighted by molar-refractivity contribution is 0.174. The Labute approximate surface area is 157 Å². The summed E-state index contributed by atoms with van der Waals surface area (Å²) in [6.45, 7) is 5.65. The largest absolute Gasteiger partial charge is 0.453 e. The predicted molar refractivity (Wildman–Crippen MR) is 106 cm³/mol. The van der Waals surface area contributed by atoms with Gasteiger partial charge in [-0.2, -0.15) is 0 Å². The molecule has 6 heteroatoms. The van der Waals surface area contributed by atoms with Gasteiger partial charge in [0.2, 0.25) is 5.56 Å². The molecule has 0 unspecified atom stereocenters. The number of carbonyl (C=O) groups is 1. The number of pyridine rings is 1. The second-order valence-corrected chi connectivity index (χ2v) is 6.04. The predicted octanol–water partition coefficient (Wildman–Crippen LogP) is 4.50. The molecule has 0 spiro atoms. The monoisotopic (exact) mass is 372 g/mol. The molecular weight excluding hydrogens is 352 g/mol. The molecule has 0 fully saturated rings. The van der Waals surface area contributed by atoms with E-state index in [2.05, 4.69) is 21.6 Å². The normalized spacial score (nSPS) is 14.7. The van der Waals surface area contributed by atoms with Crippen molar-refractivity contribution in [1.82, 2.24) is 10.3 Å². The average molecular weight is 373 g/mol. The fourth-order valence-electron chi connectivity index (χ4n) is 2.55. The molecule has 2 rings (SSSR count). The molecule has 1 aliphatic rings. The molecule has 1 heterocycles. The van der Waals surface area contributed by atoms with Gasteiger partial charge in [-0.25, -0.2) is 4.79 Å². The summed E-state index contributed by atoms with van der Waals surface area (Å²) in [7, 11) is 1.28. The first kappa shape index (κ1) is 19.5. The van der Waals surface area contributed by atoms with Gasteiger partial charge in [0.15, 0.2) is 0 Å². The third-order valence-corrected chi connectivity index (χ3v) is 4.05. The molecule has 2 N–H and O–H groups in total. The lowest BCUT2D eigenvalue weighted by atomic mass is 9.99. The number of aromatic nitrogens is 1. The Kier molecular flexibility index (Phi) is 6.81. The van der Waals surface area contributed by atoms with Gasteiger partial charge in [-0.05, 0) is 43.0 Å². The molecule has 0 atom stereocenters.